The average Bonchev–Trinajstić information content (AvgIpc) is 2.86. The van der Waals surface area contributed by atoms with Gasteiger partial charge in [-0.15, -0.1) is 0 Å². The Balaban J connectivity index is 2.02. The fourth-order valence-electron chi connectivity index (χ4n) is 2.04. The second-order valence-corrected chi connectivity index (χ2v) is 4.55. The van der Waals surface area contributed by atoms with Crippen molar-refractivity contribution >= 4 is 11.3 Å². The molecule has 0 fully saturated rings. The standard InChI is InChI=1S/C15H15N3/c1-17(2)14-6-3-12(4-7-14)13-5-8-15-16-9-10-18(15)11-13/h3-11H,1-2H3. The maximum absolute atomic E-state index is 4.25. The Kier molecular flexibility index (Phi) is 2.52. The van der Waals surface area contributed by atoms with E-state index in [1.165, 1.54) is 16.8 Å². The van der Waals surface area contributed by atoms with E-state index in [1.54, 1.807) is 0 Å². The monoisotopic (exact) mass is 237 g/mol. The molecule has 3 aromatic rings. The zero-order valence-corrected chi connectivity index (χ0v) is 10.5. The Hall–Kier alpha value is -2.29. The molecule has 1 aromatic carbocycles. The van der Waals surface area contributed by atoms with Crippen molar-refractivity contribution in [3.05, 3.63) is 55.0 Å². The van der Waals surface area contributed by atoms with Gasteiger partial charge in [-0.25, -0.2) is 4.98 Å². The van der Waals surface area contributed by atoms with Crippen molar-refractivity contribution in [1.82, 2.24) is 9.38 Å². The Morgan fingerprint density at radius 2 is 1.67 bits per heavy atom. The van der Waals surface area contributed by atoms with Gasteiger partial charge >= 0.3 is 0 Å². The van der Waals surface area contributed by atoms with Crippen molar-refractivity contribution in [2.24, 2.45) is 0 Å². The van der Waals surface area contributed by atoms with Gasteiger partial charge in [0.25, 0.3) is 0 Å². The third kappa shape index (κ3) is 1.84. The molecule has 0 N–H and O–H groups in total. The fraction of sp³-hybridized carbons (Fsp3) is 0.133. The number of imidazole rings is 1. The molecule has 18 heavy (non-hydrogen) atoms. The molecule has 0 atom stereocenters. The first-order chi connectivity index (χ1) is 8.74. The summed E-state index contributed by atoms with van der Waals surface area (Å²) in [6.07, 6.45) is 5.88. The van der Waals surface area contributed by atoms with Crippen LogP contribution in [0.25, 0.3) is 16.8 Å². The maximum Gasteiger partial charge on any atom is 0.136 e. The van der Waals surface area contributed by atoms with Gasteiger partial charge in [0, 0.05) is 38.4 Å². The van der Waals surface area contributed by atoms with Gasteiger partial charge in [-0.3, -0.25) is 0 Å². The second kappa shape index (κ2) is 4.18. The molecule has 0 aliphatic carbocycles. The van der Waals surface area contributed by atoms with Crippen LogP contribution >= 0.6 is 0 Å². The first kappa shape index (κ1) is 10.8. The van der Waals surface area contributed by atoms with E-state index in [-0.39, 0.29) is 0 Å². The fourth-order valence-corrected chi connectivity index (χ4v) is 2.04. The molecule has 2 aromatic heterocycles. The highest BCUT2D eigenvalue weighted by molar-refractivity contribution is 5.67. The van der Waals surface area contributed by atoms with Crippen molar-refractivity contribution in [3.8, 4) is 11.1 Å². The smallest absolute Gasteiger partial charge is 0.136 e. The highest BCUT2D eigenvalue weighted by Gasteiger charge is 2.01. The Morgan fingerprint density at radius 1 is 0.944 bits per heavy atom. The summed E-state index contributed by atoms with van der Waals surface area (Å²) in [5, 5.41) is 0. The average molecular weight is 237 g/mol. The summed E-state index contributed by atoms with van der Waals surface area (Å²) in [6.45, 7) is 0. The minimum Gasteiger partial charge on any atom is -0.378 e. The molecule has 0 aliphatic heterocycles. The Morgan fingerprint density at radius 3 is 2.39 bits per heavy atom. The molecule has 0 radical (unpaired) electrons. The lowest BCUT2D eigenvalue weighted by Crippen LogP contribution is -2.07. The van der Waals surface area contributed by atoms with E-state index < -0.39 is 0 Å². The lowest BCUT2D eigenvalue weighted by atomic mass is 10.1. The van der Waals surface area contributed by atoms with Gasteiger partial charge < -0.3 is 9.30 Å². The molecule has 0 aliphatic rings. The Labute approximate surface area is 106 Å². The normalized spacial score (nSPS) is 10.8. The van der Waals surface area contributed by atoms with Gasteiger partial charge in [-0.2, -0.15) is 0 Å². The van der Waals surface area contributed by atoms with E-state index >= 15 is 0 Å². The van der Waals surface area contributed by atoms with Crippen LogP contribution in [-0.2, 0) is 0 Å². The third-order valence-corrected chi connectivity index (χ3v) is 3.11. The number of pyridine rings is 1. The topological polar surface area (TPSA) is 20.5 Å². The molecule has 0 amide bonds. The number of aromatic nitrogens is 2. The molecule has 0 bridgehead atoms. The van der Waals surface area contributed by atoms with Crippen LogP contribution in [0.5, 0.6) is 0 Å². The first-order valence-electron chi connectivity index (χ1n) is 5.94. The lowest BCUT2D eigenvalue weighted by molar-refractivity contribution is 1.13. The van der Waals surface area contributed by atoms with Crippen LogP contribution in [0.4, 0.5) is 5.69 Å². The van der Waals surface area contributed by atoms with E-state index in [9.17, 15) is 0 Å². The summed E-state index contributed by atoms with van der Waals surface area (Å²) in [5.74, 6) is 0. The highest BCUT2D eigenvalue weighted by Crippen LogP contribution is 2.22. The van der Waals surface area contributed by atoms with Gasteiger partial charge in [0.2, 0.25) is 0 Å². The minimum absolute atomic E-state index is 0.976. The molecule has 2 heterocycles. The number of hydrogen-bond acceptors (Lipinski definition) is 2. The van der Waals surface area contributed by atoms with Crippen molar-refractivity contribution in [1.29, 1.82) is 0 Å². The summed E-state index contributed by atoms with van der Waals surface area (Å²) in [5.41, 5.74) is 4.60. The van der Waals surface area contributed by atoms with Crippen LogP contribution in [0, 0.1) is 0 Å². The van der Waals surface area contributed by atoms with Gasteiger partial charge in [0.05, 0.1) is 0 Å². The molecule has 0 spiro atoms. The Bertz CT molecular complexity index is 666. The molecule has 3 rings (SSSR count). The summed E-state index contributed by atoms with van der Waals surface area (Å²) in [6, 6.07) is 12.7. The van der Waals surface area contributed by atoms with E-state index in [1.807, 2.05) is 37.0 Å². The van der Waals surface area contributed by atoms with E-state index in [0.717, 1.165) is 5.65 Å². The largest absolute Gasteiger partial charge is 0.378 e. The summed E-state index contributed by atoms with van der Waals surface area (Å²) in [7, 11) is 4.10. The van der Waals surface area contributed by atoms with Crippen molar-refractivity contribution in [2.75, 3.05) is 19.0 Å². The highest BCUT2D eigenvalue weighted by atomic mass is 15.1. The van der Waals surface area contributed by atoms with Gasteiger partial charge in [0.15, 0.2) is 0 Å². The maximum atomic E-state index is 4.25. The van der Waals surface area contributed by atoms with Crippen molar-refractivity contribution < 1.29 is 0 Å². The summed E-state index contributed by atoms with van der Waals surface area (Å²) >= 11 is 0. The zero-order valence-electron chi connectivity index (χ0n) is 10.5. The van der Waals surface area contributed by atoms with Crippen molar-refractivity contribution in [3.63, 3.8) is 0 Å². The lowest BCUT2D eigenvalue weighted by Gasteiger charge is -2.12. The van der Waals surface area contributed by atoms with E-state index in [4.69, 9.17) is 0 Å². The number of benzene rings is 1. The molecule has 0 saturated carbocycles. The molecule has 3 heteroatoms. The number of anilines is 1. The number of nitrogens with zero attached hydrogens (tertiary/aromatic N) is 3. The van der Waals surface area contributed by atoms with Gasteiger partial charge in [-0.1, -0.05) is 12.1 Å². The quantitative estimate of drug-likeness (QED) is 0.682. The molecule has 0 unspecified atom stereocenters. The second-order valence-electron chi connectivity index (χ2n) is 4.55. The minimum atomic E-state index is 0.976. The van der Waals surface area contributed by atoms with Crippen LogP contribution in [0.2, 0.25) is 0 Å². The number of hydrogen-bond donors (Lipinski definition) is 0. The van der Waals surface area contributed by atoms with Crippen LogP contribution < -0.4 is 4.90 Å². The summed E-state index contributed by atoms with van der Waals surface area (Å²) < 4.78 is 2.04. The molecule has 3 nitrogen and oxygen atoms in total. The first-order valence-corrected chi connectivity index (χ1v) is 5.94. The van der Waals surface area contributed by atoms with Gasteiger partial charge in [-0.05, 0) is 35.4 Å². The number of rotatable bonds is 2. The molecular formula is C15H15N3. The molecule has 0 saturated heterocycles. The third-order valence-electron chi connectivity index (χ3n) is 3.11. The molecular weight excluding hydrogens is 222 g/mol. The van der Waals surface area contributed by atoms with E-state index in [2.05, 4.69) is 46.4 Å². The zero-order chi connectivity index (χ0) is 12.5. The SMILES string of the molecule is CN(C)c1ccc(-c2ccc3nccn3c2)cc1. The predicted molar refractivity (Wildman–Crippen MR) is 75.0 cm³/mol. The van der Waals surface area contributed by atoms with Crippen LogP contribution in [-0.4, -0.2) is 23.5 Å². The van der Waals surface area contributed by atoms with Crippen molar-refractivity contribution in [2.45, 2.75) is 0 Å². The van der Waals surface area contributed by atoms with E-state index in [0.29, 0.717) is 0 Å². The van der Waals surface area contributed by atoms with Crippen LogP contribution in [0.1, 0.15) is 0 Å². The number of fused-ring (bicyclic) bond motifs is 1. The van der Waals surface area contributed by atoms with Gasteiger partial charge in [0.1, 0.15) is 5.65 Å². The van der Waals surface area contributed by atoms with Crippen LogP contribution in [0.3, 0.4) is 0 Å². The molecule has 90 valence electrons. The predicted octanol–water partition coefficient (Wildman–Crippen LogP) is 3.07. The van der Waals surface area contributed by atoms with Crippen LogP contribution in [0.15, 0.2) is 55.0 Å². The summed E-state index contributed by atoms with van der Waals surface area (Å²) in [4.78, 5) is 6.35.